The third kappa shape index (κ3) is 6.10. The molecule has 1 amide bonds. The molecule has 144 valence electrons. The van der Waals surface area contributed by atoms with Gasteiger partial charge in [-0.2, -0.15) is 5.26 Å². The molecule has 0 radical (unpaired) electrons. The van der Waals surface area contributed by atoms with Gasteiger partial charge < -0.3 is 10.1 Å². The Morgan fingerprint density at radius 2 is 1.68 bits per heavy atom. The second kappa shape index (κ2) is 10.1. The summed E-state index contributed by atoms with van der Waals surface area (Å²) in [7, 11) is 0. The van der Waals surface area contributed by atoms with E-state index in [0.717, 1.165) is 11.1 Å². The van der Waals surface area contributed by atoms with Gasteiger partial charge in [0.2, 0.25) is 0 Å². The number of hydrogen-bond acceptors (Lipinski definition) is 4. The van der Waals surface area contributed by atoms with Gasteiger partial charge in [-0.25, -0.2) is 4.79 Å². The van der Waals surface area contributed by atoms with Gasteiger partial charge in [0.1, 0.15) is 11.6 Å². The molecule has 0 saturated heterocycles. The van der Waals surface area contributed by atoms with Crippen molar-refractivity contribution in [2.24, 2.45) is 0 Å². The SMILES string of the molecule is CC(C)c1ccc(/C=C(\C#N)C(=O)OCC(=O)N[C@@H](C)c2ccccc2)cc1. The van der Waals surface area contributed by atoms with Crippen molar-refractivity contribution < 1.29 is 14.3 Å². The summed E-state index contributed by atoms with van der Waals surface area (Å²) in [5, 5.41) is 12.0. The van der Waals surface area contributed by atoms with Crippen LogP contribution in [0.1, 0.15) is 49.4 Å². The Kier molecular flexibility index (Phi) is 7.53. The van der Waals surface area contributed by atoms with E-state index < -0.39 is 18.5 Å². The van der Waals surface area contributed by atoms with Crippen molar-refractivity contribution in [3.05, 3.63) is 76.9 Å². The van der Waals surface area contributed by atoms with Crippen LogP contribution in [0.25, 0.3) is 6.08 Å². The van der Waals surface area contributed by atoms with Crippen molar-refractivity contribution in [3.8, 4) is 6.07 Å². The Hall–Kier alpha value is -3.39. The third-order valence-electron chi connectivity index (χ3n) is 4.27. The number of benzene rings is 2. The number of hydrogen-bond donors (Lipinski definition) is 1. The van der Waals surface area contributed by atoms with Gasteiger partial charge in [0, 0.05) is 0 Å². The van der Waals surface area contributed by atoms with Crippen LogP contribution in [0, 0.1) is 11.3 Å². The van der Waals surface area contributed by atoms with E-state index >= 15 is 0 Å². The maximum absolute atomic E-state index is 12.1. The minimum absolute atomic E-state index is 0.152. The molecule has 0 spiro atoms. The average molecular weight is 376 g/mol. The highest BCUT2D eigenvalue weighted by Gasteiger charge is 2.15. The first-order chi connectivity index (χ1) is 13.4. The quantitative estimate of drug-likeness (QED) is 0.447. The first-order valence-corrected chi connectivity index (χ1v) is 9.14. The Labute approximate surface area is 165 Å². The fourth-order valence-corrected chi connectivity index (χ4v) is 2.60. The van der Waals surface area contributed by atoms with Crippen LogP contribution in [-0.4, -0.2) is 18.5 Å². The summed E-state index contributed by atoms with van der Waals surface area (Å²) in [5.41, 5.74) is 2.69. The summed E-state index contributed by atoms with van der Waals surface area (Å²) in [6.07, 6.45) is 1.46. The highest BCUT2D eigenvalue weighted by Crippen LogP contribution is 2.16. The lowest BCUT2D eigenvalue weighted by atomic mass is 10.0. The summed E-state index contributed by atoms with van der Waals surface area (Å²) >= 11 is 0. The number of esters is 1. The van der Waals surface area contributed by atoms with Gasteiger partial charge in [-0.15, -0.1) is 0 Å². The molecule has 5 nitrogen and oxygen atoms in total. The molecule has 0 aliphatic heterocycles. The molecule has 0 bridgehead atoms. The van der Waals surface area contributed by atoms with Crippen LogP contribution in [0.4, 0.5) is 0 Å². The summed E-state index contributed by atoms with van der Waals surface area (Å²) < 4.78 is 4.99. The lowest BCUT2D eigenvalue weighted by Gasteiger charge is -2.14. The van der Waals surface area contributed by atoms with Gasteiger partial charge >= 0.3 is 5.97 Å². The zero-order valence-electron chi connectivity index (χ0n) is 16.3. The molecular weight excluding hydrogens is 352 g/mol. The van der Waals surface area contributed by atoms with E-state index in [-0.39, 0.29) is 11.6 Å². The average Bonchev–Trinajstić information content (AvgIpc) is 2.71. The van der Waals surface area contributed by atoms with E-state index in [2.05, 4.69) is 19.2 Å². The molecule has 0 heterocycles. The van der Waals surface area contributed by atoms with Crippen molar-refractivity contribution in [2.45, 2.75) is 32.7 Å². The molecule has 5 heteroatoms. The van der Waals surface area contributed by atoms with Crippen LogP contribution in [-0.2, 0) is 14.3 Å². The Balaban J connectivity index is 1.92. The number of rotatable bonds is 7. The van der Waals surface area contributed by atoms with E-state index in [4.69, 9.17) is 4.74 Å². The molecule has 2 aromatic carbocycles. The summed E-state index contributed by atoms with van der Waals surface area (Å²) in [4.78, 5) is 24.1. The molecule has 0 aromatic heterocycles. The number of nitrogens with one attached hydrogen (secondary N) is 1. The Morgan fingerprint density at radius 3 is 2.25 bits per heavy atom. The highest BCUT2D eigenvalue weighted by atomic mass is 16.5. The topological polar surface area (TPSA) is 79.2 Å². The Bertz CT molecular complexity index is 878. The van der Waals surface area contributed by atoms with Gasteiger partial charge in [-0.1, -0.05) is 68.4 Å². The number of carbonyl (C=O) groups excluding carboxylic acids is 2. The zero-order chi connectivity index (χ0) is 20.5. The third-order valence-corrected chi connectivity index (χ3v) is 4.27. The van der Waals surface area contributed by atoms with Crippen LogP contribution in [0.3, 0.4) is 0 Å². The van der Waals surface area contributed by atoms with E-state index in [9.17, 15) is 14.9 Å². The smallest absolute Gasteiger partial charge is 0.349 e. The maximum Gasteiger partial charge on any atom is 0.349 e. The molecule has 2 aromatic rings. The molecule has 0 fully saturated rings. The fourth-order valence-electron chi connectivity index (χ4n) is 2.60. The summed E-state index contributed by atoms with van der Waals surface area (Å²) in [5.74, 6) is -0.851. The van der Waals surface area contributed by atoms with Crippen LogP contribution in [0.15, 0.2) is 60.2 Å². The van der Waals surface area contributed by atoms with Crippen molar-refractivity contribution in [2.75, 3.05) is 6.61 Å². The second-order valence-corrected chi connectivity index (χ2v) is 6.77. The van der Waals surface area contributed by atoms with E-state index in [1.54, 1.807) is 0 Å². The predicted molar refractivity (Wildman–Crippen MR) is 108 cm³/mol. The van der Waals surface area contributed by atoms with Crippen LogP contribution in [0.5, 0.6) is 0 Å². The second-order valence-electron chi connectivity index (χ2n) is 6.77. The monoisotopic (exact) mass is 376 g/mol. The fraction of sp³-hybridized carbons (Fsp3) is 0.261. The largest absolute Gasteiger partial charge is 0.451 e. The number of amides is 1. The van der Waals surface area contributed by atoms with Gasteiger partial charge in [-0.05, 0) is 35.6 Å². The molecule has 28 heavy (non-hydrogen) atoms. The van der Waals surface area contributed by atoms with Crippen LogP contribution in [0.2, 0.25) is 0 Å². The molecule has 0 saturated carbocycles. The van der Waals surface area contributed by atoms with Gasteiger partial charge in [0.25, 0.3) is 5.91 Å². The lowest BCUT2D eigenvalue weighted by Crippen LogP contribution is -2.31. The van der Waals surface area contributed by atoms with Gasteiger partial charge in [-0.3, -0.25) is 4.79 Å². The number of carbonyl (C=O) groups is 2. The van der Waals surface area contributed by atoms with Crippen LogP contribution < -0.4 is 5.32 Å². The molecule has 1 N–H and O–H groups in total. The maximum atomic E-state index is 12.1. The standard InChI is InChI=1S/C23H24N2O3/c1-16(2)19-11-9-18(10-12-19)13-21(14-24)23(27)28-15-22(26)25-17(3)20-7-5-4-6-8-20/h4-13,16-17H,15H2,1-3H3,(H,25,26)/b21-13+/t17-/m0/s1. The van der Waals surface area contributed by atoms with Crippen molar-refractivity contribution in [1.29, 1.82) is 5.26 Å². The minimum Gasteiger partial charge on any atom is -0.451 e. The van der Waals surface area contributed by atoms with Gasteiger partial charge in [0.15, 0.2) is 6.61 Å². The molecule has 0 aliphatic carbocycles. The molecule has 1 atom stereocenters. The molecule has 0 unspecified atom stereocenters. The summed E-state index contributed by atoms with van der Waals surface area (Å²) in [6, 6.07) is 18.7. The summed E-state index contributed by atoms with van der Waals surface area (Å²) in [6.45, 7) is 5.58. The molecular formula is C23H24N2O3. The minimum atomic E-state index is -0.821. The van der Waals surface area contributed by atoms with Crippen molar-refractivity contribution >= 4 is 18.0 Å². The first kappa shape index (κ1) is 20.9. The van der Waals surface area contributed by atoms with Gasteiger partial charge in [0.05, 0.1) is 6.04 Å². The number of nitriles is 1. The number of nitrogens with zero attached hydrogens (tertiary/aromatic N) is 1. The molecule has 2 rings (SSSR count). The normalized spacial score (nSPS) is 12.2. The lowest BCUT2D eigenvalue weighted by molar-refractivity contribution is -0.144. The zero-order valence-corrected chi connectivity index (χ0v) is 16.3. The van der Waals surface area contributed by atoms with Crippen LogP contribution >= 0.6 is 0 Å². The predicted octanol–water partition coefficient (Wildman–Crippen LogP) is 4.14. The van der Waals surface area contributed by atoms with E-state index in [1.807, 2.05) is 67.6 Å². The van der Waals surface area contributed by atoms with E-state index in [0.29, 0.717) is 5.92 Å². The first-order valence-electron chi connectivity index (χ1n) is 9.14. The molecule has 0 aliphatic rings. The number of ether oxygens (including phenoxy) is 1. The van der Waals surface area contributed by atoms with Crippen molar-refractivity contribution in [1.82, 2.24) is 5.32 Å². The van der Waals surface area contributed by atoms with E-state index in [1.165, 1.54) is 11.6 Å². The highest BCUT2D eigenvalue weighted by molar-refractivity contribution is 5.98. The van der Waals surface area contributed by atoms with Crippen molar-refractivity contribution in [3.63, 3.8) is 0 Å². The Morgan fingerprint density at radius 1 is 1.04 bits per heavy atom.